The van der Waals surface area contributed by atoms with E-state index < -0.39 is 22.1 Å². The number of carbonyl (C=O) groups is 1. The number of benzene rings is 1. The summed E-state index contributed by atoms with van der Waals surface area (Å²) in [5, 5.41) is 3.23. The number of nitrogens with zero attached hydrogens (tertiary/aromatic N) is 1. The van der Waals surface area contributed by atoms with Crippen molar-refractivity contribution >= 4 is 16.0 Å². The minimum absolute atomic E-state index is 0.0169. The fraction of sp³-hybridized carbons (Fsp3) is 0.611. The largest absolute Gasteiger partial charge is 0.478 e. The van der Waals surface area contributed by atoms with E-state index in [1.165, 1.54) is 0 Å². The minimum Gasteiger partial charge on any atom is -0.478 e. The van der Waals surface area contributed by atoms with Crippen molar-refractivity contribution in [2.24, 2.45) is 0 Å². The lowest BCUT2D eigenvalue weighted by molar-refractivity contribution is -0.150. The SMILES string of the molecule is CCCN(C1CCNC1)S(=O)(=O)c1ccc2c(c1)CC(C(=O)OCC)O2. The van der Waals surface area contributed by atoms with Crippen LogP contribution in [0.25, 0.3) is 0 Å². The third kappa shape index (κ3) is 3.72. The molecule has 1 N–H and O–H groups in total. The number of carbonyl (C=O) groups excluding carboxylic acids is 1. The monoisotopic (exact) mass is 382 g/mol. The van der Waals surface area contributed by atoms with Gasteiger partial charge in [-0.05, 0) is 50.1 Å². The summed E-state index contributed by atoms with van der Waals surface area (Å²) >= 11 is 0. The highest BCUT2D eigenvalue weighted by atomic mass is 32.2. The Balaban J connectivity index is 1.84. The summed E-state index contributed by atoms with van der Waals surface area (Å²) in [5.74, 6) is 0.129. The van der Waals surface area contributed by atoms with Crippen LogP contribution in [0.2, 0.25) is 0 Å². The van der Waals surface area contributed by atoms with Gasteiger partial charge in [-0.1, -0.05) is 6.92 Å². The normalized spacial score (nSPS) is 22.3. The summed E-state index contributed by atoms with van der Waals surface area (Å²) < 4.78 is 38.6. The predicted octanol–water partition coefficient (Wildman–Crippen LogP) is 1.32. The number of rotatable bonds is 7. The molecule has 1 aromatic carbocycles. The van der Waals surface area contributed by atoms with E-state index in [4.69, 9.17) is 9.47 Å². The molecule has 26 heavy (non-hydrogen) atoms. The zero-order chi connectivity index (χ0) is 18.7. The quantitative estimate of drug-likeness (QED) is 0.716. The lowest BCUT2D eigenvalue weighted by Crippen LogP contribution is -2.42. The molecule has 0 aromatic heterocycles. The first kappa shape index (κ1) is 19.1. The topological polar surface area (TPSA) is 84.9 Å². The van der Waals surface area contributed by atoms with Crippen LogP contribution in [0.4, 0.5) is 0 Å². The molecule has 0 spiro atoms. The van der Waals surface area contributed by atoms with E-state index in [1.807, 2.05) is 6.92 Å². The molecule has 7 nitrogen and oxygen atoms in total. The van der Waals surface area contributed by atoms with Gasteiger partial charge >= 0.3 is 5.97 Å². The van der Waals surface area contributed by atoms with Gasteiger partial charge in [-0.2, -0.15) is 4.31 Å². The molecule has 2 aliphatic heterocycles. The molecular formula is C18H26N2O5S. The van der Waals surface area contributed by atoms with Crippen molar-refractivity contribution in [2.75, 3.05) is 26.2 Å². The van der Waals surface area contributed by atoms with Crippen LogP contribution in [0.5, 0.6) is 5.75 Å². The highest BCUT2D eigenvalue weighted by Crippen LogP contribution is 2.33. The molecule has 0 aliphatic carbocycles. The molecule has 8 heteroatoms. The van der Waals surface area contributed by atoms with Crippen molar-refractivity contribution < 1.29 is 22.7 Å². The van der Waals surface area contributed by atoms with E-state index in [0.717, 1.165) is 24.9 Å². The van der Waals surface area contributed by atoms with Gasteiger partial charge in [0.05, 0.1) is 11.5 Å². The van der Waals surface area contributed by atoms with Gasteiger partial charge in [-0.15, -0.1) is 0 Å². The average Bonchev–Trinajstić information content (AvgIpc) is 3.28. The van der Waals surface area contributed by atoms with Crippen molar-refractivity contribution in [3.8, 4) is 5.75 Å². The number of hydrogen-bond acceptors (Lipinski definition) is 6. The van der Waals surface area contributed by atoms with Crippen LogP contribution in [0.15, 0.2) is 23.1 Å². The second-order valence-corrected chi connectivity index (χ2v) is 8.49. The second-order valence-electron chi connectivity index (χ2n) is 6.59. The van der Waals surface area contributed by atoms with Gasteiger partial charge in [0.25, 0.3) is 0 Å². The number of esters is 1. The van der Waals surface area contributed by atoms with Crippen molar-refractivity contribution in [3.05, 3.63) is 23.8 Å². The summed E-state index contributed by atoms with van der Waals surface area (Å²) in [6, 6.07) is 4.82. The van der Waals surface area contributed by atoms with Crippen molar-refractivity contribution in [1.82, 2.24) is 9.62 Å². The number of ether oxygens (including phenoxy) is 2. The average molecular weight is 382 g/mol. The first-order valence-corrected chi connectivity index (χ1v) is 10.6. The van der Waals surface area contributed by atoms with Crippen LogP contribution in [0.3, 0.4) is 0 Å². The molecule has 1 saturated heterocycles. The molecule has 1 aromatic rings. The van der Waals surface area contributed by atoms with Crippen LogP contribution in [0.1, 0.15) is 32.3 Å². The standard InChI is InChI=1S/C18H26N2O5S/c1-3-9-20(14-7-8-19-12-14)26(22,23)15-5-6-16-13(10-15)11-17(25-16)18(21)24-4-2/h5-6,10,14,17,19H,3-4,7-9,11-12H2,1-2H3. The Labute approximate surface area is 154 Å². The summed E-state index contributed by atoms with van der Waals surface area (Å²) in [5.41, 5.74) is 0.727. The lowest BCUT2D eigenvalue weighted by Gasteiger charge is -2.27. The Morgan fingerprint density at radius 3 is 2.85 bits per heavy atom. The molecule has 2 aliphatic rings. The first-order valence-electron chi connectivity index (χ1n) is 9.16. The summed E-state index contributed by atoms with van der Waals surface area (Å²) in [6.45, 7) is 6.01. The Morgan fingerprint density at radius 1 is 1.38 bits per heavy atom. The van der Waals surface area contributed by atoms with Gasteiger partial charge in [0.1, 0.15) is 5.75 Å². The molecule has 0 amide bonds. The van der Waals surface area contributed by atoms with Crippen LogP contribution < -0.4 is 10.1 Å². The first-order chi connectivity index (χ1) is 12.5. The molecule has 0 bridgehead atoms. The maximum Gasteiger partial charge on any atom is 0.347 e. The number of nitrogens with one attached hydrogen (secondary N) is 1. The van der Waals surface area contributed by atoms with Gasteiger partial charge < -0.3 is 14.8 Å². The van der Waals surface area contributed by atoms with E-state index in [9.17, 15) is 13.2 Å². The van der Waals surface area contributed by atoms with E-state index in [2.05, 4.69) is 5.32 Å². The Kier molecular flexibility index (Phi) is 5.84. The minimum atomic E-state index is -3.59. The van der Waals surface area contributed by atoms with Gasteiger partial charge in [0, 0.05) is 25.6 Å². The maximum atomic E-state index is 13.2. The molecule has 1 fully saturated rings. The zero-order valence-corrected chi connectivity index (χ0v) is 16.0. The van der Waals surface area contributed by atoms with Crippen LogP contribution in [0, 0.1) is 0 Å². The van der Waals surface area contributed by atoms with Crippen LogP contribution in [-0.2, 0) is 26.0 Å². The highest BCUT2D eigenvalue weighted by Gasteiger charge is 2.35. The fourth-order valence-electron chi connectivity index (χ4n) is 3.49. The van der Waals surface area contributed by atoms with Gasteiger partial charge in [-0.3, -0.25) is 0 Å². The van der Waals surface area contributed by atoms with Crippen LogP contribution in [-0.4, -0.2) is 57.1 Å². The summed E-state index contributed by atoms with van der Waals surface area (Å²) in [6.07, 6.45) is 1.21. The Bertz CT molecular complexity index is 759. The molecule has 2 unspecified atom stereocenters. The molecule has 144 valence electrons. The predicted molar refractivity (Wildman–Crippen MR) is 96.7 cm³/mol. The second kappa shape index (κ2) is 7.94. The molecular weight excluding hydrogens is 356 g/mol. The number of hydrogen-bond donors (Lipinski definition) is 1. The molecule has 2 atom stereocenters. The smallest absolute Gasteiger partial charge is 0.347 e. The van der Waals surface area contributed by atoms with Crippen molar-refractivity contribution in [3.63, 3.8) is 0 Å². The van der Waals surface area contributed by atoms with Gasteiger partial charge in [-0.25, -0.2) is 13.2 Å². The molecule has 0 radical (unpaired) electrons. The fourth-order valence-corrected chi connectivity index (χ4v) is 5.29. The number of fused-ring (bicyclic) bond motifs is 1. The maximum absolute atomic E-state index is 13.2. The van der Waals surface area contributed by atoms with Crippen molar-refractivity contribution in [1.29, 1.82) is 0 Å². The van der Waals surface area contributed by atoms with E-state index in [-0.39, 0.29) is 17.5 Å². The van der Waals surface area contributed by atoms with E-state index in [0.29, 0.717) is 25.3 Å². The van der Waals surface area contributed by atoms with Crippen molar-refractivity contribution in [2.45, 2.75) is 50.2 Å². The number of sulfonamides is 1. The molecule has 3 rings (SSSR count). The van der Waals surface area contributed by atoms with Gasteiger partial charge in [0.15, 0.2) is 6.10 Å². The van der Waals surface area contributed by atoms with Gasteiger partial charge in [0.2, 0.25) is 10.0 Å². The van der Waals surface area contributed by atoms with E-state index in [1.54, 1.807) is 29.4 Å². The third-order valence-electron chi connectivity index (χ3n) is 4.75. The lowest BCUT2D eigenvalue weighted by atomic mass is 10.1. The Hall–Kier alpha value is -1.64. The summed E-state index contributed by atoms with van der Waals surface area (Å²) in [4.78, 5) is 12.1. The van der Waals surface area contributed by atoms with E-state index >= 15 is 0 Å². The zero-order valence-electron chi connectivity index (χ0n) is 15.2. The Morgan fingerprint density at radius 2 is 2.19 bits per heavy atom. The third-order valence-corrected chi connectivity index (χ3v) is 6.70. The van der Waals surface area contributed by atoms with Crippen LogP contribution >= 0.6 is 0 Å². The summed E-state index contributed by atoms with van der Waals surface area (Å²) in [7, 11) is -3.59. The molecule has 0 saturated carbocycles. The highest BCUT2D eigenvalue weighted by molar-refractivity contribution is 7.89. The molecule has 2 heterocycles.